The summed E-state index contributed by atoms with van der Waals surface area (Å²) in [5, 5.41) is 6.85. The molecule has 0 spiro atoms. The van der Waals surface area contributed by atoms with E-state index in [-0.39, 0.29) is 29.9 Å². The van der Waals surface area contributed by atoms with Gasteiger partial charge in [-0.3, -0.25) is 9.79 Å². The van der Waals surface area contributed by atoms with Crippen LogP contribution in [0.15, 0.2) is 15.5 Å². The topological polar surface area (TPSA) is 69.9 Å². The summed E-state index contributed by atoms with van der Waals surface area (Å²) in [6.45, 7) is 10.5. The molecule has 1 saturated heterocycles. The molecule has 0 radical (unpaired) electrons. The van der Waals surface area contributed by atoms with E-state index in [1.54, 1.807) is 7.05 Å². The van der Waals surface area contributed by atoms with Crippen LogP contribution in [-0.2, 0) is 11.3 Å². The summed E-state index contributed by atoms with van der Waals surface area (Å²) in [5.41, 5.74) is 1.15. The average Bonchev–Trinajstić information content (AvgIpc) is 2.97. The molecule has 7 heteroatoms. The summed E-state index contributed by atoms with van der Waals surface area (Å²) in [4.78, 5) is 18.9. The Morgan fingerprint density at radius 1 is 1.30 bits per heavy atom. The zero-order chi connectivity index (χ0) is 19.1. The van der Waals surface area contributed by atoms with Gasteiger partial charge in [-0.05, 0) is 45.6 Å². The molecule has 2 heterocycles. The van der Waals surface area contributed by atoms with Crippen molar-refractivity contribution in [3.63, 3.8) is 0 Å². The van der Waals surface area contributed by atoms with Crippen molar-refractivity contribution in [3.8, 4) is 0 Å². The number of rotatable bonds is 6. The van der Waals surface area contributed by atoms with E-state index in [1.807, 2.05) is 18.7 Å². The number of amides is 1. The number of nitrogens with one attached hydrogen (secondary N) is 2. The SMILES string of the molecule is CCC(CC)C(=O)N1CCC(NC(=NC)NCc2cc(C)oc2C)CC1.I. The van der Waals surface area contributed by atoms with Crippen molar-refractivity contribution in [2.75, 3.05) is 20.1 Å². The van der Waals surface area contributed by atoms with Crippen LogP contribution in [0.3, 0.4) is 0 Å². The van der Waals surface area contributed by atoms with Gasteiger partial charge >= 0.3 is 0 Å². The number of furan rings is 1. The maximum absolute atomic E-state index is 12.5. The van der Waals surface area contributed by atoms with Gasteiger partial charge in [-0.25, -0.2) is 0 Å². The lowest BCUT2D eigenvalue weighted by atomic mass is 9.98. The van der Waals surface area contributed by atoms with Gasteiger partial charge < -0.3 is 20.0 Å². The standard InChI is InChI=1S/C20H34N4O2.HI/c1-6-16(7-2)19(25)24-10-8-18(9-11-24)23-20(21-5)22-13-17-12-14(3)26-15(17)4;/h12,16,18H,6-11,13H2,1-5H3,(H2,21,22,23);1H. The highest BCUT2D eigenvalue weighted by Crippen LogP contribution is 2.17. The van der Waals surface area contributed by atoms with E-state index in [0.29, 0.717) is 18.5 Å². The number of hydrogen-bond donors (Lipinski definition) is 2. The third kappa shape index (κ3) is 6.69. The molecule has 0 atom stereocenters. The lowest BCUT2D eigenvalue weighted by molar-refractivity contribution is -0.136. The van der Waals surface area contributed by atoms with Crippen molar-refractivity contribution < 1.29 is 9.21 Å². The van der Waals surface area contributed by atoms with Crippen LogP contribution in [0.1, 0.15) is 56.6 Å². The zero-order valence-corrected chi connectivity index (χ0v) is 19.6. The summed E-state index contributed by atoms with van der Waals surface area (Å²) in [7, 11) is 1.79. The van der Waals surface area contributed by atoms with Crippen molar-refractivity contribution >= 4 is 35.8 Å². The van der Waals surface area contributed by atoms with E-state index in [4.69, 9.17) is 4.42 Å². The summed E-state index contributed by atoms with van der Waals surface area (Å²) in [6.07, 6.45) is 3.76. The summed E-state index contributed by atoms with van der Waals surface area (Å²) in [5.74, 6) is 3.17. The maximum atomic E-state index is 12.5. The number of hydrogen-bond acceptors (Lipinski definition) is 3. The molecule has 0 aromatic carbocycles. The zero-order valence-electron chi connectivity index (χ0n) is 17.3. The minimum atomic E-state index is 0. The molecule has 27 heavy (non-hydrogen) atoms. The number of nitrogens with zero attached hydrogens (tertiary/aromatic N) is 2. The van der Waals surface area contributed by atoms with Gasteiger partial charge in [-0.1, -0.05) is 13.8 Å². The molecule has 1 amide bonds. The third-order valence-corrected chi connectivity index (χ3v) is 5.30. The molecule has 1 aromatic rings. The smallest absolute Gasteiger partial charge is 0.225 e. The van der Waals surface area contributed by atoms with Crippen LogP contribution in [0, 0.1) is 19.8 Å². The number of halogens is 1. The molecule has 154 valence electrons. The summed E-state index contributed by atoms with van der Waals surface area (Å²) < 4.78 is 5.56. The minimum absolute atomic E-state index is 0. The van der Waals surface area contributed by atoms with E-state index in [9.17, 15) is 4.79 Å². The molecule has 2 rings (SSSR count). The number of carbonyl (C=O) groups is 1. The van der Waals surface area contributed by atoms with E-state index in [2.05, 4.69) is 35.5 Å². The van der Waals surface area contributed by atoms with E-state index < -0.39 is 0 Å². The average molecular weight is 490 g/mol. The Kier molecular flexibility index (Phi) is 10.2. The number of aliphatic imine (C=N–C) groups is 1. The first kappa shape index (κ1) is 23.8. The summed E-state index contributed by atoms with van der Waals surface area (Å²) >= 11 is 0. The van der Waals surface area contributed by atoms with Gasteiger partial charge in [0, 0.05) is 44.2 Å². The molecule has 0 bridgehead atoms. The highest BCUT2D eigenvalue weighted by molar-refractivity contribution is 14.0. The molecule has 6 nitrogen and oxygen atoms in total. The Labute approximate surface area is 180 Å². The molecule has 1 aliphatic rings. The van der Waals surface area contributed by atoms with Crippen LogP contribution < -0.4 is 10.6 Å². The summed E-state index contributed by atoms with van der Waals surface area (Å²) in [6, 6.07) is 2.40. The van der Waals surface area contributed by atoms with Crippen molar-refractivity contribution in [1.82, 2.24) is 15.5 Å². The first-order valence-corrected chi connectivity index (χ1v) is 9.80. The van der Waals surface area contributed by atoms with Gasteiger partial charge in [-0.2, -0.15) is 0 Å². The molecule has 0 unspecified atom stereocenters. The van der Waals surface area contributed by atoms with Gasteiger partial charge in [0.2, 0.25) is 5.91 Å². The fraction of sp³-hybridized carbons (Fsp3) is 0.700. The Balaban J connectivity index is 0.00000364. The van der Waals surface area contributed by atoms with Crippen LogP contribution in [0.25, 0.3) is 0 Å². The van der Waals surface area contributed by atoms with Crippen LogP contribution >= 0.6 is 24.0 Å². The molecule has 1 aliphatic heterocycles. The molecular weight excluding hydrogens is 455 g/mol. The monoisotopic (exact) mass is 490 g/mol. The molecule has 2 N–H and O–H groups in total. The molecule has 0 saturated carbocycles. The highest BCUT2D eigenvalue weighted by atomic mass is 127. The van der Waals surface area contributed by atoms with Gasteiger partial charge in [0.05, 0.1) is 0 Å². The molecule has 0 aliphatic carbocycles. The third-order valence-electron chi connectivity index (χ3n) is 5.30. The fourth-order valence-corrected chi connectivity index (χ4v) is 3.57. The van der Waals surface area contributed by atoms with Crippen LogP contribution in [-0.4, -0.2) is 42.9 Å². The number of aryl methyl sites for hydroxylation is 2. The lowest BCUT2D eigenvalue weighted by Crippen LogP contribution is -2.50. The number of guanidine groups is 1. The van der Waals surface area contributed by atoms with E-state index in [0.717, 1.165) is 61.8 Å². The number of piperidine rings is 1. The maximum Gasteiger partial charge on any atom is 0.225 e. The van der Waals surface area contributed by atoms with Crippen LogP contribution in [0.5, 0.6) is 0 Å². The largest absolute Gasteiger partial charge is 0.466 e. The first-order valence-electron chi connectivity index (χ1n) is 9.80. The second-order valence-corrected chi connectivity index (χ2v) is 7.12. The Morgan fingerprint density at radius 2 is 1.93 bits per heavy atom. The molecule has 1 fully saturated rings. The fourth-order valence-electron chi connectivity index (χ4n) is 3.57. The van der Waals surface area contributed by atoms with Gasteiger partial charge in [0.15, 0.2) is 5.96 Å². The van der Waals surface area contributed by atoms with Gasteiger partial charge in [-0.15, -0.1) is 24.0 Å². The number of likely N-dealkylation sites (tertiary alicyclic amines) is 1. The van der Waals surface area contributed by atoms with Crippen LogP contribution in [0.2, 0.25) is 0 Å². The van der Waals surface area contributed by atoms with Crippen molar-refractivity contribution in [2.24, 2.45) is 10.9 Å². The Bertz CT molecular complexity index is 617. The predicted molar refractivity (Wildman–Crippen MR) is 121 cm³/mol. The molecular formula is C20H35IN4O2. The Hall–Kier alpha value is -1.25. The van der Waals surface area contributed by atoms with Crippen molar-refractivity contribution in [2.45, 2.75) is 66.0 Å². The van der Waals surface area contributed by atoms with Crippen LogP contribution in [0.4, 0.5) is 0 Å². The minimum Gasteiger partial charge on any atom is -0.466 e. The lowest BCUT2D eigenvalue weighted by Gasteiger charge is -2.34. The second kappa shape index (κ2) is 11.6. The predicted octanol–water partition coefficient (Wildman–Crippen LogP) is 3.61. The normalized spacial score (nSPS) is 15.6. The van der Waals surface area contributed by atoms with Crippen molar-refractivity contribution in [3.05, 3.63) is 23.2 Å². The Morgan fingerprint density at radius 3 is 2.41 bits per heavy atom. The second-order valence-electron chi connectivity index (χ2n) is 7.12. The number of carbonyl (C=O) groups excluding carboxylic acids is 1. The van der Waals surface area contributed by atoms with Gasteiger partial charge in [0.25, 0.3) is 0 Å². The first-order chi connectivity index (χ1) is 12.5. The van der Waals surface area contributed by atoms with Gasteiger partial charge in [0.1, 0.15) is 11.5 Å². The van der Waals surface area contributed by atoms with E-state index >= 15 is 0 Å². The highest BCUT2D eigenvalue weighted by Gasteiger charge is 2.26. The molecule has 1 aromatic heterocycles. The van der Waals surface area contributed by atoms with E-state index in [1.165, 1.54) is 0 Å². The van der Waals surface area contributed by atoms with Crippen molar-refractivity contribution in [1.29, 1.82) is 0 Å². The quantitative estimate of drug-likeness (QED) is 0.363.